The molecule has 2 N–H and O–H groups in total. The number of rotatable bonds is 10. The lowest BCUT2D eigenvalue weighted by Crippen LogP contribution is -2.56. The van der Waals surface area contributed by atoms with Gasteiger partial charge in [0.2, 0.25) is 0 Å². The minimum Gasteiger partial charge on any atom is -0.494 e. The fraction of sp³-hybridized carbons (Fsp3) is 0.538. The first-order valence-electron chi connectivity index (χ1n) is 11.9. The molecule has 0 amide bonds. The summed E-state index contributed by atoms with van der Waals surface area (Å²) in [4.78, 5) is 18.4. The van der Waals surface area contributed by atoms with E-state index in [0.29, 0.717) is 5.56 Å². The van der Waals surface area contributed by atoms with Gasteiger partial charge in [0, 0.05) is 31.4 Å². The van der Waals surface area contributed by atoms with Crippen LogP contribution in [0.25, 0.3) is 0 Å². The van der Waals surface area contributed by atoms with Crippen LogP contribution in [0.4, 0.5) is 10.2 Å². The average molecular weight is 456 g/mol. The molecule has 7 heteroatoms. The average Bonchev–Trinajstić information content (AvgIpc) is 2.78. The van der Waals surface area contributed by atoms with Crippen molar-refractivity contribution in [2.24, 2.45) is 5.41 Å². The van der Waals surface area contributed by atoms with E-state index in [4.69, 9.17) is 9.72 Å². The molecular formula is C26H34FN3O3. The van der Waals surface area contributed by atoms with Gasteiger partial charge < -0.3 is 15.2 Å². The Morgan fingerprint density at radius 2 is 2.12 bits per heavy atom. The lowest BCUT2D eigenvalue weighted by Gasteiger charge is -2.52. The van der Waals surface area contributed by atoms with Gasteiger partial charge in [0.25, 0.3) is 0 Å². The van der Waals surface area contributed by atoms with Gasteiger partial charge in [0.1, 0.15) is 5.82 Å². The maximum atomic E-state index is 14.2. The minimum absolute atomic E-state index is 0.0418. The molecule has 33 heavy (non-hydrogen) atoms. The molecule has 0 saturated carbocycles. The van der Waals surface area contributed by atoms with Gasteiger partial charge in [0.15, 0.2) is 11.6 Å². The fourth-order valence-electron chi connectivity index (χ4n) is 5.19. The van der Waals surface area contributed by atoms with Crippen molar-refractivity contribution in [1.29, 1.82) is 0 Å². The first-order valence-corrected chi connectivity index (χ1v) is 11.9. The Balaban J connectivity index is 1.28. The van der Waals surface area contributed by atoms with Crippen LogP contribution in [0.5, 0.6) is 5.75 Å². The van der Waals surface area contributed by atoms with Gasteiger partial charge in [-0.05, 0) is 66.8 Å². The van der Waals surface area contributed by atoms with E-state index < -0.39 is 11.8 Å². The molecule has 2 aromatic rings. The molecule has 2 aliphatic heterocycles. The zero-order valence-electron chi connectivity index (χ0n) is 19.6. The van der Waals surface area contributed by atoms with E-state index in [1.54, 1.807) is 12.1 Å². The molecule has 4 rings (SSSR count). The lowest BCUT2D eigenvalue weighted by atomic mass is 9.75. The first-order chi connectivity index (χ1) is 15.9. The molecule has 0 aliphatic carbocycles. The number of halogens is 1. The smallest absolute Gasteiger partial charge is 0.305 e. The molecule has 0 unspecified atom stereocenters. The highest BCUT2D eigenvalue weighted by Gasteiger charge is 2.42. The minimum atomic E-state index is -0.878. The van der Waals surface area contributed by atoms with Crippen molar-refractivity contribution in [1.82, 2.24) is 9.88 Å². The number of fused-ring (bicyclic) bond motifs is 1. The van der Waals surface area contributed by atoms with Gasteiger partial charge in [-0.25, -0.2) is 9.37 Å². The molecule has 1 aromatic carbocycles. The molecule has 1 saturated heterocycles. The molecule has 0 radical (unpaired) electrons. The number of likely N-dealkylation sites (tertiary alicyclic amines) is 1. The van der Waals surface area contributed by atoms with E-state index in [2.05, 4.69) is 29.3 Å². The van der Waals surface area contributed by atoms with Gasteiger partial charge in [-0.1, -0.05) is 25.5 Å². The van der Waals surface area contributed by atoms with E-state index in [9.17, 15) is 14.3 Å². The summed E-state index contributed by atoms with van der Waals surface area (Å²) >= 11 is 0. The van der Waals surface area contributed by atoms with Gasteiger partial charge in [-0.15, -0.1) is 0 Å². The third kappa shape index (κ3) is 5.64. The lowest BCUT2D eigenvalue weighted by molar-refractivity contribution is -0.140. The van der Waals surface area contributed by atoms with Crippen molar-refractivity contribution >= 4 is 11.8 Å². The highest BCUT2D eigenvalue weighted by molar-refractivity contribution is 5.68. The highest BCUT2D eigenvalue weighted by atomic mass is 19.1. The quantitative estimate of drug-likeness (QED) is 0.500. The summed E-state index contributed by atoms with van der Waals surface area (Å²) in [7, 11) is 1.42. The zero-order chi connectivity index (χ0) is 23.4. The molecule has 3 heterocycles. The Hall–Kier alpha value is -2.67. The summed E-state index contributed by atoms with van der Waals surface area (Å²) in [5.74, 6) is -0.109. The number of aromatic nitrogens is 1. The van der Waals surface area contributed by atoms with Crippen LogP contribution in [0.15, 0.2) is 30.3 Å². The number of nitrogens with zero attached hydrogens (tertiary/aromatic N) is 2. The number of anilines is 1. The van der Waals surface area contributed by atoms with Crippen molar-refractivity contribution in [2.75, 3.05) is 32.1 Å². The van der Waals surface area contributed by atoms with Crippen molar-refractivity contribution in [3.05, 3.63) is 53.0 Å². The Labute approximate surface area is 195 Å². The van der Waals surface area contributed by atoms with Crippen LogP contribution in [0.1, 0.15) is 61.9 Å². The van der Waals surface area contributed by atoms with Crippen LogP contribution in [0.2, 0.25) is 0 Å². The molecule has 1 fully saturated rings. The summed E-state index contributed by atoms with van der Waals surface area (Å²) in [6.07, 6.45) is 6.49. The van der Waals surface area contributed by atoms with Crippen molar-refractivity contribution in [3.63, 3.8) is 0 Å². The van der Waals surface area contributed by atoms with E-state index in [1.807, 2.05) is 0 Å². The molecule has 1 atom stereocenters. The second kappa shape index (κ2) is 10.1. The normalized spacial score (nSPS) is 18.0. The number of benzene rings is 1. The first kappa shape index (κ1) is 23.5. The Morgan fingerprint density at radius 3 is 2.85 bits per heavy atom. The monoisotopic (exact) mass is 455 g/mol. The third-order valence-electron chi connectivity index (χ3n) is 6.95. The molecule has 1 aromatic heterocycles. The number of carboxylic acid groups (broad SMARTS) is 1. The van der Waals surface area contributed by atoms with E-state index >= 15 is 0 Å². The van der Waals surface area contributed by atoms with Crippen LogP contribution in [-0.2, 0) is 17.6 Å². The summed E-state index contributed by atoms with van der Waals surface area (Å²) in [5, 5.41) is 12.8. The van der Waals surface area contributed by atoms with Crippen LogP contribution in [0.3, 0.4) is 0 Å². The molecule has 2 aliphatic rings. The number of carboxylic acids is 1. The third-order valence-corrected chi connectivity index (χ3v) is 6.95. The van der Waals surface area contributed by atoms with Gasteiger partial charge in [-0.3, -0.25) is 9.69 Å². The standard InChI is InChI=1S/C26H34FN3O3/c1-26(12-4-3-7-20-10-8-18-6-5-13-28-25(18)29-20)16-30(17-26)22(15-24(31)32)19-9-11-23(33-2)21(27)14-19/h8-11,14,22H,3-7,12-13,15-17H2,1-2H3,(H,28,29)(H,31,32)/t22-/m0/s1. The topological polar surface area (TPSA) is 74.7 Å². The number of carbonyl (C=O) groups is 1. The van der Waals surface area contributed by atoms with E-state index in [0.717, 1.165) is 63.3 Å². The summed E-state index contributed by atoms with van der Waals surface area (Å²) in [6.45, 7) is 4.90. The molecule has 0 bridgehead atoms. The second-order valence-corrected chi connectivity index (χ2v) is 9.77. The number of pyridine rings is 1. The number of nitrogens with one attached hydrogen (secondary N) is 1. The van der Waals surface area contributed by atoms with Gasteiger partial charge in [-0.2, -0.15) is 0 Å². The Bertz CT molecular complexity index is 991. The summed E-state index contributed by atoms with van der Waals surface area (Å²) in [6, 6.07) is 8.78. The predicted molar refractivity (Wildman–Crippen MR) is 126 cm³/mol. The van der Waals surface area contributed by atoms with Gasteiger partial charge in [0.05, 0.1) is 13.5 Å². The molecule has 6 nitrogen and oxygen atoms in total. The number of aliphatic carboxylic acids is 1. The Morgan fingerprint density at radius 1 is 1.30 bits per heavy atom. The number of ether oxygens (including phenoxy) is 1. The number of aryl methyl sites for hydroxylation is 2. The van der Waals surface area contributed by atoms with Crippen LogP contribution < -0.4 is 10.1 Å². The van der Waals surface area contributed by atoms with Crippen LogP contribution >= 0.6 is 0 Å². The maximum Gasteiger partial charge on any atom is 0.305 e. The van der Waals surface area contributed by atoms with Crippen LogP contribution in [-0.4, -0.2) is 47.7 Å². The summed E-state index contributed by atoms with van der Waals surface area (Å²) in [5.41, 5.74) is 3.31. The number of hydrogen-bond acceptors (Lipinski definition) is 5. The molecular weight excluding hydrogens is 421 g/mol. The van der Waals surface area contributed by atoms with Crippen molar-refractivity contribution in [2.45, 2.75) is 57.9 Å². The summed E-state index contributed by atoms with van der Waals surface area (Å²) < 4.78 is 19.2. The Kier molecular flexibility index (Phi) is 7.17. The second-order valence-electron chi connectivity index (χ2n) is 9.77. The largest absolute Gasteiger partial charge is 0.494 e. The van der Waals surface area contributed by atoms with Crippen LogP contribution in [0, 0.1) is 11.2 Å². The van der Waals surface area contributed by atoms with Gasteiger partial charge >= 0.3 is 5.97 Å². The zero-order valence-corrected chi connectivity index (χ0v) is 19.6. The fourth-order valence-corrected chi connectivity index (χ4v) is 5.19. The maximum absolute atomic E-state index is 14.2. The SMILES string of the molecule is COc1ccc([C@H](CC(=O)O)N2CC(C)(CCCCc3ccc4c(n3)NCCC4)C2)cc1F. The predicted octanol–water partition coefficient (Wildman–Crippen LogP) is 4.84. The number of unbranched alkanes of at least 4 members (excludes halogenated alkanes) is 1. The molecule has 178 valence electrons. The number of hydrogen-bond donors (Lipinski definition) is 2. The van der Waals surface area contributed by atoms with Crippen molar-refractivity contribution < 1.29 is 19.0 Å². The highest BCUT2D eigenvalue weighted by Crippen LogP contribution is 2.42. The molecule has 0 spiro atoms. The number of methoxy groups -OCH3 is 1. The van der Waals surface area contributed by atoms with Crippen molar-refractivity contribution in [3.8, 4) is 5.75 Å². The van der Waals surface area contributed by atoms with E-state index in [-0.39, 0.29) is 23.6 Å². The van der Waals surface area contributed by atoms with E-state index in [1.165, 1.54) is 25.2 Å².